The van der Waals surface area contributed by atoms with Gasteiger partial charge in [-0.2, -0.15) is 0 Å². The molecule has 1 amide bonds. The maximum Gasteiger partial charge on any atom is 0.263 e. The summed E-state index contributed by atoms with van der Waals surface area (Å²) in [4.78, 5) is 32.1. The highest BCUT2D eigenvalue weighted by Gasteiger charge is 2.16. The number of benzene rings is 1. The zero-order chi connectivity index (χ0) is 21.1. The van der Waals surface area contributed by atoms with Gasteiger partial charge in [0.25, 0.3) is 5.56 Å². The summed E-state index contributed by atoms with van der Waals surface area (Å²) in [5.41, 5.74) is 1.76. The number of thioether (sulfide) groups is 1. The van der Waals surface area contributed by atoms with Gasteiger partial charge in [-0.15, -0.1) is 11.3 Å². The summed E-state index contributed by atoms with van der Waals surface area (Å²) in [5, 5.41) is 3.99. The highest BCUT2D eigenvalue weighted by atomic mass is 32.2. The zero-order valence-electron chi connectivity index (χ0n) is 16.7. The number of carbonyl (C=O) groups excluding carboxylic acids is 1. The van der Waals surface area contributed by atoms with Crippen molar-refractivity contribution in [2.45, 2.75) is 32.0 Å². The topological polar surface area (TPSA) is 77.1 Å². The molecule has 1 aromatic carbocycles. The maximum atomic E-state index is 13.1. The quantitative estimate of drug-likeness (QED) is 0.334. The van der Waals surface area contributed by atoms with Crippen molar-refractivity contribution < 1.29 is 9.21 Å². The highest BCUT2D eigenvalue weighted by Crippen LogP contribution is 2.26. The van der Waals surface area contributed by atoms with Crippen LogP contribution in [-0.2, 0) is 17.8 Å². The lowest BCUT2D eigenvalue weighted by molar-refractivity contribution is -0.113. The first-order valence-corrected chi connectivity index (χ1v) is 11.4. The van der Waals surface area contributed by atoms with Gasteiger partial charge in [-0.1, -0.05) is 36.4 Å². The summed E-state index contributed by atoms with van der Waals surface area (Å²) in [6, 6.07) is 13.1. The molecule has 0 aliphatic heterocycles. The lowest BCUT2D eigenvalue weighted by atomic mass is 10.2. The molecule has 0 fully saturated rings. The lowest BCUT2D eigenvalue weighted by Gasteiger charge is -2.11. The third-order valence-electron chi connectivity index (χ3n) is 4.58. The predicted octanol–water partition coefficient (Wildman–Crippen LogP) is 4.70. The normalized spacial score (nSPS) is 11.1. The van der Waals surface area contributed by atoms with Crippen LogP contribution in [0.4, 0.5) is 5.69 Å². The highest BCUT2D eigenvalue weighted by molar-refractivity contribution is 7.99. The molecule has 0 spiro atoms. The van der Waals surface area contributed by atoms with Crippen molar-refractivity contribution in [2.75, 3.05) is 11.1 Å². The molecule has 6 nitrogen and oxygen atoms in total. The number of hydrogen-bond acceptors (Lipinski definition) is 6. The number of furan rings is 1. The summed E-state index contributed by atoms with van der Waals surface area (Å²) >= 11 is 2.77. The fourth-order valence-electron chi connectivity index (χ4n) is 2.99. The monoisotopic (exact) mass is 439 g/mol. The van der Waals surface area contributed by atoms with Gasteiger partial charge in [0.2, 0.25) is 5.91 Å². The standard InChI is InChI=1S/C22H21N3O3S2/c1-3-17-11-18-20(30-17)24-22(25(21(18)27)12-16-5-4-10-28-16)29-13-19(26)23-15-8-6-14(2)7-9-15/h4-11H,3,12-13H2,1-2H3,(H,23,26). The Bertz CT molecular complexity index is 1230. The molecule has 4 aromatic rings. The van der Waals surface area contributed by atoms with Crippen molar-refractivity contribution in [3.05, 3.63) is 75.3 Å². The largest absolute Gasteiger partial charge is 0.467 e. The van der Waals surface area contributed by atoms with E-state index in [9.17, 15) is 9.59 Å². The molecule has 0 saturated heterocycles. The number of amides is 1. The molecule has 4 rings (SSSR count). The van der Waals surface area contributed by atoms with E-state index < -0.39 is 0 Å². The number of nitrogens with one attached hydrogen (secondary N) is 1. The van der Waals surface area contributed by atoms with Crippen LogP contribution in [-0.4, -0.2) is 21.2 Å². The van der Waals surface area contributed by atoms with E-state index in [4.69, 9.17) is 9.40 Å². The molecule has 0 saturated carbocycles. The van der Waals surface area contributed by atoms with E-state index >= 15 is 0 Å². The molecule has 3 aromatic heterocycles. The molecular formula is C22H21N3O3S2. The molecule has 0 unspecified atom stereocenters. The van der Waals surface area contributed by atoms with Gasteiger partial charge in [-0.3, -0.25) is 14.2 Å². The summed E-state index contributed by atoms with van der Waals surface area (Å²) < 4.78 is 7.01. The number of aromatic nitrogens is 2. The van der Waals surface area contributed by atoms with Gasteiger partial charge in [-0.05, 0) is 43.7 Å². The van der Waals surface area contributed by atoms with Crippen molar-refractivity contribution >= 4 is 44.9 Å². The Balaban J connectivity index is 1.60. The molecule has 1 N–H and O–H groups in total. The fraction of sp³-hybridized carbons (Fsp3) is 0.227. The second-order valence-corrected chi connectivity index (χ2v) is 8.91. The van der Waals surface area contributed by atoms with E-state index in [1.807, 2.05) is 43.3 Å². The summed E-state index contributed by atoms with van der Waals surface area (Å²) in [5.74, 6) is 0.661. The second kappa shape index (κ2) is 8.89. The second-order valence-electron chi connectivity index (χ2n) is 6.85. The van der Waals surface area contributed by atoms with Gasteiger partial charge >= 0.3 is 0 Å². The molecule has 8 heteroatoms. The first-order valence-electron chi connectivity index (χ1n) is 9.58. The molecule has 0 radical (unpaired) electrons. The number of anilines is 1. The zero-order valence-corrected chi connectivity index (χ0v) is 18.3. The summed E-state index contributed by atoms with van der Waals surface area (Å²) in [7, 11) is 0. The number of thiophene rings is 1. The van der Waals surface area contributed by atoms with Gasteiger partial charge in [0.15, 0.2) is 5.16 Å². The van der Waals surface area contributed by atoms with Crippen LogP contribution in [0.1, 0.15) is 23.1 Å². The van der Waals surface area contributed by atoms with Gasteiger partial charge in [-0.25, -0.2) is 4.98 Å². The molecule has 30 heavy (non-hydrogen) atoms. The Kier molecular flexibility index (Phi) is 6.06. The minimum atomic E-state index is -0.150. The van der Waals surface area contributed by atoms with E-state index in [-0.39, 0.29) is 23.8 Å². The molecular weight excluding hydrogens is 418 g/mol. The fourth-order valence-corrected chi connectivity index (χ4v) is 4.80. The van der Waals surface area contributed by atoms with Crippen molar-refractivity contribution in [1.82, 2.24) is 9.55 Å². The Hall–Kier alpha value is -2.84. The van der Waals surface area contributed by atoms with Gasteiger partial charge < -0.3 is 9.73 Å². The number of nitrogens with zero attached hydrogens (tertiary/aromatic N) is 2. The van der Waals surface area contributed by atoms with Crippen molar-refractivity contribution in [3.63, 3.8) is 0 Å². The van der Waals surface area contributed by atoms with E-state index in [0.717, 1.165) is 22.5 Å². The van der Waals surface area contributed by atoms with Crippen LogP contribution >= 0.6 is 23.1 Å². The Labute approximate surface area is 181 Å². The third kappa shape index (κ3) is 4.49. The molecule has 3 heterocycles. The van der Waals surface area contributed by atoms with Crippen LogP contribution in [0.3, 0.4) is 0 Å². The van der Waals surface area contributed by atoms with Gasteiger partial charge in [0.05, 0.1) is 23.9 Å². The Morgan fingerprint density at radius 1 is 1.27 bits per heavy atom. The summed E-state index contributed by atoms with van der Waals surface area (Å²) in [6.45, 7) is 4.32. The maximum absolute atomic E-state index is 13.1. The molecule has 0 aliphatic carbocycles. The van der Waals surface area contributed by atoms with Crippen LogP contribution in [0, 0.1) is 6.92 Å². The Morgan fingerprint density at radius 3 is 2.77 bits per heavy atom. The number of aryl methyl sites for hydroxylation is 2. The number of hydrogen-bond donors (Lipinski definition) is 1. The van der Waals surface area contributed by atoms with Crippen LogP contribution in [0.5, 0.6) is 0 Å². The number of carbonyl (C=O) groups is 1. The minimum absolute atomic E-state index is 0.117. The van der Waals surface area contributed by atoms with Crippen LogP contribution in [0.15, 0.2) is 63.1 Å². The Morgan fingerprint density at radius 2 is 2.07 bits per heavy atom. The molecule has 0 bridgehead atoms. The number of fused-ring (bicyclic) bond motifs is 1. The third-order valence-corrected chi connectivity index (χ3v) is 6.73. The predicted molar refractivity (Wildman–Crippen MR) is 122 cm³/mol. The molecule has 0 atom stereocenters. The van der Waals surface area contributed by atoms with Crippen molar-refractivity contribution in [1.29, 1.82) is 0 Å². The van der Waals surface area contributed by atoms with E-state index in [1.54, 1.807) is 16.9 Å². The van der Waals surface area contributed by atoms with Crippen molar-refractivity contribution in [3.8, 4) is 0 Å². The van der Waals surface area contributed by atoms with Gasteiger partial charge in [0, 0.05) is 10.6 Å². The van der Waals surface area contributed by atoms with E-state index in [1.165, 1.54) is 23.1 Å². The number of rotatable bonds is 7. The molecule has 154 valence electrons. The van der Waals surface area contributed by atoms with Crippen LogP contribution in [0.25, 0.3) is 10.2 Å². The summed E-state index contributed by atoms with van der Waals surface area (Å²) in [6.07, 6.45) is 2.42. The minimum Gasteiger partial charge on any atom is -0.467 e. The van der Waals surface area contributed by atoms with Crippen LogP contribution in [0.2, 0.25) is 0 Å². The van der Waals surface area contributed by atoms with Gasteiger partial charge in [0.1, 0.15) is 10.6 Å². The van der Waals surface area contributed by atoms with Crippen molar-refractivity contribution in [2.24, 2.45) is 0 Å². The van der Waals surface area contributed by atoms with E-state index in [2.05, 4.69) is 12.2 Å². The SMILES string of the molecule is CCc1cc2c(=O)n(Cc3ccco3)c(SCC(=O)Nc3ccc(C)cc3)nc2s1. The first kappa shape index (κ1) is 20.4. The van der Waals surface area contributed by atoms with Crippen LogP contribution < -0.4 is 10.9 Å². The lowest BCUT2D eigenvalue weighted by Crippen LogP contribution is -2.24. The van der Waals surface area contributed by atoms with E-state index in [0.29, 0.717) is 21.1 Å². The first-order chi connectivity index (χ1) is 14.5. The molecule has 0 aliphatic rings. The average molecular weight is 440 g/mol. The average Bonchev–Trinajstić information content (AvgIpc) is 3.40. The smallest absolute Gasteiger partial charge is 0.263 e.